The summed E-state index contributed by atoms with van der Waals surface area (Å²) >= 11 is 0. The molecule has 0 aliphatic heterocycles. The van der Waals surface area contributed by atoms with Crippen LogP contribution in [0.1, 0.15) is 20.3 Å². The Bertz CT molecular complexity index is 258. The van der Waals surface area contributed by atoms with Crippen LogP contribution in [0.4, 0.5) is 5.69 Å². The van der Waals surface area contributed by atoms with Gasteiger partial charge in [-0.05, 0) is 24.5 Å². The molecule has 0 saturated heterocycles. The van der Waals surface area contributed by atoms with E-state index in [1.165, 1.54) is 5.69 Å². The smallest absolute Gasteiger partial charge is 0.0481 e. The molecule has 0 bridgehead atoms. The van der Waals surface area contributed by atoms with Crippen molar-refractivity contribution < 1.29 is 4.74 Å². The van der Waals surface area contributed by atoms with Gasteiger partial charge in [0.2, 0.25) is 0 Å². The van der Waals surface area contributed by atoms with E-state index in [0.717, 1.165) is 13.0 Å². The van der Waals surface area contributed by atoms with Crippen molar-refractivity contribution in [1.82, 2.24) is 0 Å². The zero-order valence-electron chi connectivity index (χ0n) is 9.86. The van der Waals surface area contributed by atoms with E-state index >= 15 is 0 Å². The van der Waals surface area contributed by atoms with E-state index < -0.39 is 0 Å². The normalized spacial score (nSPS) is 12.8. The molecule has 15 heavy (non-hydrogen) atoms. The first kappa shape index (κ1) is 12.1. The molecule has 0 radical (unpaired) electrons. The summed E-state index contributed by atoms with van der Waals surface area (Å²) in [6, 6.07) is 10.8. The summed E-state index contributed by atoms with van der Waals surface area (Å²) in [5, 5.41) is 3.53. The number of methoxy groups -OCH3 is 1. The molecule has 0 spiro atoms. The van der Waals surface area contributed by atoms with Crippen LogP contribution in [0, 0.1) is 5.92 Å². The molecule has 1 atom stereocenters. The van der Waals surface area contributed by atoms with Gasteiger partial charge in [0.05, 0.1) is 0 Å². The molecule has 84 valence electrons. The number of hydrogen-bond acceptors (Lipinski definition) is 2. The highest BCUT2D eigenvalue weighted by Gasteiger charge is 2.12. The molecule has 2 heteroatoms. The van der Waals surface area contributed by atoms with Gasteiger partial charge in [0.15, 0.2) is 0 Å². The van der Waals surface area contributed by atoms with Gasteiger partial charge in [0, 0.05) is 25.4 Å². The topological polar surface area (TPSA) is 21.3 Å². The highest BCUT2D eigenvalue weighted by molar-refractivity contribution is 5.43. The lowest BCUT2D eigenvalue weighted by Crippen LogP contribution is -2.27. The molecule has 0 fully saturated rings. The van der Waals surface area contributed by atoms with Crippen molar-refractivity contribution >= 4 is 5.69 Å². The van der Waals surface area contributed by atoms with E-state index in [1.54, 1.807) is 7.11 Å². The van der Waals surface area contributed by atoms with Crippen LogP contribution in [0.5, 0.6) is 0 Å². The van der Waals surface area contributed by atoms with Crippen LogP contribution in [-0.4, -0.2) is 19.8 Å². The fourth-order valence-corrected chi connectivity index (χ4v) is 1.57. The third-order valence-electron chi connectivity index (χ3n) is 2.56. The predicted molar refractivity (Wildman–Crippen MR) is 65.2 cm³/mol. The molecular formula is C13H21NO. The number of nitrogens with one attached hydrogen (secondary N) is 1. The van der Waals surface area contributed by atoms with Crippen molar-refractivity contribution in [3.63, 3.8) is 0 Å². The van der Waals surface area contributed by atoms with Crippen LogP contribution in [-0.2, 0) is 4.74 Å². The average molecular weight is 207 g/mol. The molecule has 1 unspecified atom stereocenters. The summed E-state index contributed by atoms with van der Waals surface area (Å²) in [5.74, 6) is 0.611. The molecule has 1 aromatic rings. The van der Waals surface area contributed by atoms with Crippen molar-refractivity contribution in [2.75, 3.05) is 19.0 Å². The second-order valence-corrected chi connectivity index (χ2v) is 4.14. The van der Waals surface area contributed by atoms with Crippen LogP contribution in [0.15, 0.2) is 30.3 Å². The number of benzene rings is 1. The Balaban J connectivity index is 2.51. The summed E-state index contributed by atoms with van der Waals surface area (Å²) < 4.78 is 5.12. The minimum absolute atomic E-state index is 0.479. The number of rotatable bonds is 6. The van der Waals surface area contributed by atoms with Crippen molar-refractivity contribution in [3.8, 4) is 0 Å². The highest BCUT2D eigenvalue weighted by atomic mass is 16.5. The fourth-order valence-electron chi connectivity index (χ4n) is 1.57. The molecule has 2 nitrogen and oxygen atoms in total. The standard InChI is InChI=1S/C13H21NO/c1-11(2)13(9-10-15-3)14-12-7-5-4-6-8-12/h4-8,11,13-14H,9-10H2,1-3H3. The molecule has 1 aromatic carbocycles. The van der Waals surface area contributed by atoms with E-state index in [1.807, 2.05) is 6.07 Å². The van der Waals surface area contributed by atoms with Crippen molar-refractivity contribution in [2.24, 2.45) is 5.92 Å². The fraction of sp³-hybridized carbons (Fsp3) is 0.538. The van der Waals surface area contributed by atoms with Crippen molar-refractivity contribution in [2.45, 2.75) is 26.3 Å². The molecule has 0 aromatic heterocycles. The number of anilines is 1. The number of ether oxygens (including phenoxy) is 1. The van der Waals surface area contributed by atoms with Crippen molar-refractivity contribution in [3.05, 3.63) is 30.3 Å². The second-order valence-electron chi connectivity index (χ2n) is 4.14. The van der Waals surface area contributed by atoms with Gasteiger partial charge in [-0.15, -0.1) is 0 Å². The molecule has 0 amide bonds. The highest BCUT2D eigenvalue weighted by Crippen LogP contribution is 2.14. The molecule has 1 rings (SSSR count). The van der Waals surface area contributed by atoms with E-state index in [0.29, 0.717) is 12.0 Å². The summed E-state index contributed by atoms with van der Waals surface area (Å²) in [6.45, 7) is 5.27. The Morgan fingerprint density at radius 3 is 2.40 bits per heavy atom. The predicted octanol–water partition coefficient (Wildman–Crippen LogP) is 3.16. The van der Waals surface area contributed by atoms with E-state index in [2.05, 4.69) is 43.4 Å². The van der Waals surface area contributed by atoms with Gasteiger partial charge < -0.3 is 10.1 Å². The Kier molecular flexibility index (Phi) is 5.19. The zero-order valence-corrected chi connectivity index (χ0v) is 9.86. The SMILES string of the molecule is COCCC(Nc1ccccc1)C(C)C. The molecule has 0 aliphatic carbocycles. The van der Waals surface area contributed by atoms with Crippen LogP contribution < -0.4 is 5.32 Å². The van der Waals surface area contributed by atoms with E-state index in [9.17, 15) is 0 Å². The number of hydrogen-bond donors (Lipinski definition) is 1. The van der Waals surface area contributed by atoms with Gasteiger partial charge in [-0.1, -0.05) is 32.0 Å². The van der Waals surface area contributed by atoms with Gasteiger partial charge in [-0.25, -0.2) is 0 Å². The Morgan fingerprint density at radius 2 is 1.87 bits per heavy atom. The van der Waals surface area contributed by atoms with Crippen LogP contribution in [0.3, 0.4) is 0 Å². The third kappa shape index (κ3) is 4.34. The number of para-hydroxylation sites is 1. The van der Waals surface area contributed by atoms with Crippen LogP contribution in [0.2, 0.25) is 0 Å². The van der Waals surface area contributed by atoms with E-state index in [4.69, 9.17) is 4.74 Å². The van der Waals surface area contributed by atoms with Gasteiger partial charge in [-0.2, -0.15) is 0 Å². The lowest BCUT2D eigenvalue weighted by molar-refractivity contribution is 0.184. The Morgan fingerprint density at radius 1 is 1.20 bits per heavy atom. The second kappa shape index (κ2) is 6.46. The van der Waals surface area contributed by atoms with Gasteiger partial charge in [0.1, 0.15) is 0 Å². The van der Waals surface area contributed by atoms with Crippen LogP contribution >= 0.6 is 0 Å². The lowest BCUT2D eigenvalue weighted by Gasteiger charge is -2.23. The minimum Gasteiger partial charge on any atom is -0.385 e. The maximum Gasteiger partial charge on any atom is 0.0481 e. The summed E-state index contributed by atoms with van der Waals surface area (Å²) in [5.41, 5.74) is 1.19. The summed E-state index contributed by atoms with van der Waals surface area (Å²) in [7, 11) is 1.75. The van der Waals surface area contributed by atoms with Gasteiger partial charge in [-0.3, -0.25) is 0 Å². The first-order chi connectivity index (χ1) is 7.24. The molecule has 0 heterocycles. The lowest BCUT2D eigenvalue weighted by atomic mass is 10.0. The molecule has 0 aliphatic rings. The Labute approximate surface area is 92.6 Å². The average Bonchev–Trinajstić information content (AvgIpc) is 2.25. The maximum atomic E-state index is 5.12. The molecule has 1 N–H and O–H groups in total. The minimum atomic E-state index is 0.479. The largest absolute Gasteiger partial charge is 0.385 e. The molecular weight excluding hydrogens is 186 g/mol. The Hall–Kier alpha value is -1.02. The third-order valence-corrected chi connectivity index (χ3v) is 2.56. The summed E-state index contributed by atoms with van der Waals surface area (Å²) in [4.78, 5) is 0. The first-order valence-electron chi connectivity index (χ1n) is 5.54. The van der Waals surface area contributed by atoms with Gasteiger partial charge >= 0.3 is 0 Å². The van der Waals surface area contributed by atoms with Crippen LogP contribution in [0.25, 0.3) is 0 Å². The summed E-state index contributed by atoms with van der Waals surface area (Å²) in [6.07, 6.45) is 1.04. The van der Waals surface area contributed by atoms with E-state index in [-0.39, 0.29) is 0 Å². The zero-order chi connectivity index (χ0) is 11.1. The maximum absolute atomic E-state index is 5.12. The monoisotopic (exact) mass is 207 g/mol. The first-order valence-corrected chi connectivity index (χ1v) is 5.54. The van der Waals surface area contributed by atoms with Crippen molar-refractivity contribution in [1.29, 1.82) is 0 Å². The molecule has 0 saturated carbocycles. The quantitative estimate of drug-likeness (QED) is 0.773. The van der Waals surface area contributed by atoms with Gasteiger partial charge in [0.25, 0.3) is 0 Å².